The summed E-state index contributed by atoms with van der Waals surface area (Å²) in [6.45, 7) is 10.1. The smallest absolute Gasteiger partial charge is 0.309 e. The molecule has 2 nitrogen and oxygen atoms in total. The summed E-state index contributed by atoms with van der Waals surface area (Å²) >= 11 is 0. The first-order chi connectivity index (χ1) is 5.80. The number of rotatable bonds is 5. The highest BCUT2D eigenvalue weighted by Gasteiger charge is 2.35. The Kier molecular flexibility index (Phi) is 4.45. The van der Waals surface area contributed by atoms with Crippen molar-refractivity contribution < 1.29 is 9.90 Å². The van der Waals surface area contributed by atoms with Crippen molar-refractivity contribution in [2.45, 2.75) is 47.5 Å². The zero-order valence-corrected chi connectivity index (χ0v) is 9.42. The molecule has 0 aliphatic rings. The van der Waals surface area contributed by atoms with Gasteiger partial charge in [-0.25, -0.2) is 0 Å². The van der Waals surface area contributed by atoms with Crippen molar-refractivity contribution in [3.05, 3.63) is 0 Å². The first-order valence-electron chi connectivity index (χ1n) is 5.04. The van der Waals surface area contributed by atoms with Crippen LogP contribution in [0.25, 0.3) is 0 Å². The minimum Gasteiger partial charge on any atom is -0.481 e. The van der Waals surface area contributed by atoms with Gasteiger partial charge in [0, 0.05) is 0 Å². The number of carboxylic acid groups (broad SMARTS) is 1. The van der Waals surface area contributed by atoms with Gasteiger partial charge in [-0.1, -0.05) is 27.7 Å². The molecule has 0 aromatic heterocycles. The lowest BCUT2D eigenvalue weighted by atomic mass is 9.74. The molecule has 0 rings (SSSR count). The maximum Gasteiger partial charge on any atom is 0.309 e. The third-order valence-electron chi connectivity index (χ3n) is 3.00. The lowest BCUT2D eigenvalue weighted by molar-refractivity contribution is -0.151. The van der Waals surface area contributed by atoms with Crippen LogP contribution in [0.2, 0.25) is 0 Å². The van der Waals surface area contributed by atoms with E-state index >= 15 is 0 Å². The molecule has 0 spiro atoms. The van der Waals surface area contributed by atoms with E-state index in [-0.39, 0.29) is 5.92 Å². The summed E-state index contributed by atoms with van der Waals surface area (Å²) in [6.07, 6.45) is 1.76. The molecule has 0 aliphatic carbocycles. The van der Waals surface area contributed by atoms with E-state index in [1.54, 1.807) is 0 Å². The topological polar surface area (TPSA) is 37.3 Å². The molecule has 0 heterocycles. The lowest BCUT2D eigenvalue weighted by Crippen LogP contribution is -2.33. The van der Waals surface area contributed by atoms with Crippen LogP contribution in [0, 0.1) is 17.3 Å². The molecule has 0 aromatic rings. The molecule has 0 fully saturated rings. The van der Waals surface area contributed by atoms with Crippen LogP contribution in [0.4, 0.5) is 0 Å². The largest absolute Gasteiger partial charge is 0.481 e. The van der Waals surface area contributed by atoms with Crippen LogP contribution in [-0.4, -0.2) is 11.1 Å². The van der Waals surface area contributed by atoms with Crippen molar-refractivity contribution in [1.29, 1.82) is 0 Å². The SMILES string of the molecule is CC(C)CCC(C)(C(=O)O)C(C)C. The Morgan fingerprint density at radius 1 is 1.31 bits per heavy atom. The number of carbonyl (C=O) groups is 1. The molecule has 0 aliphatic heterocycles. The van der Waals surface area contributed by atoms with Gasteiger partial charge >= 0.3 is 5.97 Å². The third kappa shape index (κ3) is 3.37. The Morgan fingerprint density at radius 2 is 1.77 bits per heavy atom. The molecule has 0 amide bonds. The Hall–Kier alpha value is -0.530. The summed E-state index contributed by atoms with van der Waals surface area (Å²) in [5.74, 6) is 0.115. The Balaban J connectivity index is 4.34. The number of carboxylic acids is 1. The van der Waals surface area contributed by atoms with Gasteiger partial charge in [-0.2, -0.15) is 0 Å². The standard InChI is InChI=1S/C11H22O2/c1-8(2)6-7-11(5,9(3)4)10(12)13/h8-9H,6-7H2,1-5H3,(H,12,13). The summed E-state index contributed by atoms with van der Waals surface area (Å²) < 4.78 is 0. The summed E-state index contributed by atoms with van der Waals surface area (Å²) in [5, 5.41) is 9.12. The zero-order chi connectivity index (χ0) is 10.6. The van der Waals surface area contributed by atoms with Crippen molar-refractivity contribution >= 4 is 5.97 Å². The van der Waals surface area contributed by atoms with Crippen LogP contribution in [0.15, 0.2) is 0 Å². The van der Waals surface area contributed by atoms with Crippen molar-refractivity contribution in [1.82, 2.24) is 0 Å². The lowest BCUT2D eigenvalue weighted by Gasteiger charge is -2.29. The van der Waals surface area contributed by atoms with Crippen LogP contribution in [0.1, 0.15) is 47.5 Å². The van der Waals surface area contributed by atoms with Crippen LogP contribution in [-0.2, 0) is 4.79 Å². The van der Waals surface area contributed by atoms with Gasteiger partial charge in [0.2, 0.25) is 0 Å². The van der Waals surface area contributed by atoms with Gasteiger partial charge in [-0.3, -0.25) is 4.79 Å². The van der Waals surface area contributed by atoms with Crippen LogP contribution >= 0.6 is 0 Å². The van der Waals surface area contributed by atoms with E-state index < -0.39 is 11.4 Å². The maximum atomic E-state index is 11.1. The molecule has 0 saturated heterocycles. The van der Waals surface area contributed by atoms with Gasteiger partial charge in [-0.15, -0.1) is 0 Å². The maximum absolute atomic E-state index is 11.1. The molecule has 1 unspecified atom stereocenters. The normalized spacial score (nSPS) is 16.2. The van der Waals surface area contributed by atoms with Crippen molar-refractivity contribution in [2.75, 3.05) is 0 Å². The third-order valence-corrected chi connectivity index (χ3v) is 3.00. The highest BCUT2D eigenvalue weighted by atomic mass is 16.4. The van der Waals surface area contributed by atoms with Crippen LogP contribution < -0.4 is 0 Å². The van der Waals surface area contributed by atoms with E-state index in [0.29, 0.717) is 5.92 Å². The fourth-order valence-corrected chi connectivity index (χ4v) is 1.23. The van der Waals surface area contributed by atoms with Gasteiger partial charge in [0.15, 0.2) is 0 Å². The molecule has 0 saturated carbocycles. The minimum atomic E-state index is -0.664. The fraction of sp³-hybridized carbons (Fsp3) is 0.909. The fourth-order valence-electron chi connectivity index (χ4n) is 1.23. The quantitative estimate of drug-likeness (QED) is 0.716. The van der Waals surface area contributed by atoms with Gasteiger partial charge in [-0.05, 0) is 31.6 Å². The van der Waals surface area contributed by atoms with E-state index in [4.69, 9.17) is 5.11 Å². The molecule has 0 bridgehead atoms. The first kappa shape index (κ1) is 12.5. The second kappa shape index (κ2) is 4.64. The first-order valence-corrected chi connectivity index (χ1v) is 5.04. The molecule has 0 aromatic carbocycles. The molecule has 78 valence electrons. The highest BCUT2D eigenvalue weighted by molar-refractivity contribution is 5.74. The Morgan fingerprint density at radius 3 is 2.00 bits per heavy atom. The number of hydrogen-bond acceptors (Lipinski definition) is 1. The zero-order valence-electron chi connectivity index (χ0n) is 9.42. The number of aliphatic carboxylic acids is 1. The van der Waals surface area contributed by atoms with E-state index in [1.807, 2.05) is 20.8 Å². The van der Waals surface area contributed by atoms with E-state index in [1.165, 1.54) is 0 Å². The summed E-state index contributed by atoms with van der Waals surface area (Å²) in [5.41, 5.74) is -0.551. The average molecular weight is 186 g/mol. The van der Waals surface area contributed by atoms with Gasteiger partial charge in [0.25, 0.3) is 0 Å². The summed E-state index contributed by atoms with van der Waals surface area (Å²) in [4.78, 5) is 11.1. The molecule has 0 radical (unpaired) electrons. The molecule has 13 heavy (non-hydrogen) atoms. The van der Waals surface area contributed by atoms with E-state index in [2.05, 4.69) is 13.8 Å². The molecular formula is C11H22O2. The van der Waals surface area contributed by atoms with Crippen LogP contribution in [0.5, 0.6) is 0 Å². The molecule has 1 N–H and O–H groups in total. The van der Waals surface area contributed by atoms with Crippen molar-refractivity contribution in [2.24, 2.45) is 17.3 Å². The van der Waals surface area contributed by atoms with E-state index in [0.717, 1.165) is 12.8 Å². The Labute approximate surface area is 81.3 Å². The van der Waals surface area contributed by atoms with Gasteiger partial charge < -0.3 is 5.11 Å². The average Bonchev–Trinajstić information content (AvgIpc) is 1.99. The highest BCUT2D eigenvalue weighted by Crippen LogP contribution is 2.33. The molecule has 1 atom stereocenters. The molecular weight excluding hydrogens is 164 g/mol. The second-order valence-corrected chi connectivity index (χ2v) is 4.81. The number of hydrogen-bond donors (Lipinski definition) is 1. The van der Waals surface area contributed by atoms with Crippen LogP contribution in [0.3, 0.4) is 0 Å². The minimum absolute atomic E-state index is 0.198. The summed E-state index contributed by atoms with van der Waals surface area (Å²) in [7, 11) is 0. The van der Waals surface area contributed by atoms with Crippen molar-refractivity contribution in [3.8, 4) is 0 Å². The predicted octanol–water partition coefficient (Wildman–Crippen LogP) is 3.17. The van der Waals surface area contributed by atoms with E-state index in [9.17, 15) is 4.79 Å². The van der Waals surface area contributed by atoms with Crippen molar-refractivity contribution in [3.63, 3.8) is 0 Å². The van der Waals surface area contributed by atoms with Gasteiger partial charge in [0.05, 0.1) is 5.41 Å². The van der Waals surface area contributed by atoms with Gasteiger partial charge in [0.1, 0.15) is 0 Å². The monoisotopic (exact) mass is 186 g/mol. The second-order valence-electron chi connectivity index (χ2n) is 4.81. The predicted molar refractivity (Wildman–Crippen MR) is 54.7 cm³/mol. The summed E-state index contributed by atoms with van der Waals surface area (Å²) in [6, 6.07) is 0. The Bertz CT molecular complexity index is 173. The molecule has 2 heteroatoms.